The smallest absolute Gasteiger partial charge is 0.133 e. The van der Waals surface area contributed by atoms with E-state index in [2.05, 4.69) is 0 Å². The van der Waals surface area contributed by atoms with E-state index < -0.39 is 0 Å². The molecular formula is C6H9NOS. The predicted octanol–water partition coefficient (Wildman–Crippen LogP) is 1.38. The van der Waals surface area contributed by atoms with Gasteiger partial charge in [-0.2, -0.15) is 5.26 Å². The van der Waals surface area contributed by atoms with Crippen molar-refractivity contribution in [2.45, 2.75) is 18.9 Å². The number of rotatable bonds is 2. The van der Waals surface area contributed by atoms with Crippen molar-refractivity contribution >= 4 is 11.8 Å². The summed E-state index contributed by atoms with van der Waals surface area (Å²) in [5.41, 5.74) is 0. The van der Waals surface area contributed by atoms with Gasteiger partial charge in [0.15, 0.2) is 0 Å². The van der Waals surface area contributed by atoms with E-state index in [0.717, 1.165) is 25.2 Å². The van der Waals surface area contributed by atoms with Crippen LogP contribution in [0.5, 0.6) is 0 Å². The van der Waals surface area contributed by atoms with Crippen molar-refractivity contribution in [1.29, 1.82) is 5.26 Å². The van der Waals surface area contributed by atoms with E-state index in [-0.39, 0.29) is 0 Å². The molecule has 2 nitrogen and oxygen atoms in total. The Morgan fingerprint density at radius 2 is 2.67 bits per heavy atom. The van der Waals surface area contributed by atoms with Crippen LogP contribution in [-0.2, 0) is 4.74 Å². The lowest BCUT2D eigenvalue weighted by molar-refractivity contribution is 0.129. The first kappa shape index (κ1) is 6.91. The third kappa shape index (κ3) is 2.25. The summed E-state index contributed by atoms with van der Waals surface area (Å²) in [6.45, 7) is 0.886. The Bertz CT molecular complexity index is 115. The highest BCUT2D eigenvalue weighted by Gasteiger charge is 2.14. The van der Waals surface area contributed by atoms with E-state index >= 15 is 0 Å². The second-order valence-corrected chi connectivity index (χ2v) is 2.84. The predicted molar refractivity (Wildman–Crippen MR) is 37.0 cm³/mol. The Hall–Kier alpha value is -0.200. The van der Waals surface area contributed by atoms with Crippen LogP contribution in [0, 0.1) is 10.7 Å². The largest absolute Gasteiger partial charge is 0.377 e. The minimum Gasteiger partial charge on any atom is -0.377 e. The van der Waals surface area contributed by atoms with E-state index in [4.69, 9.17) is 10.00 Å². The maximum Gasteiger partial charge on any atom is 0.133 e. The van der Waals surface area contributed by atoms with Crippen LogP contribution in [0.2, 0.25) is 0 Å². The molecule has 3 heteroatoms. The minimum atomic E-state index is 0.356. The Labute approximate surface area is 59.2 Å². The lowest BCUT2D eigenvalue weighted by atomic mass is 10.3. The lowest BCUT2D eigenvalue weighted by Gasteiger charge is -2.02. The van der Waals surface area contributed by atoms with Crippen LogP contribution in [0.25, 0.3) is 0 Å². The Morgan fingerprint density at radius 1 is 1.78 bits per heavy atom. The van der Waals surface area contributed by atoms with Gasteiger partial charge in [0.25, 0.3) is 0 Å². The van der Waals surface area contributed by atoms with E-state index in [1.807, 2.05) is 5.40 Å². The van der Waals surface area contributed by atoms with Crippen LogP contribution in [0.3, 0.4) is 0 Å². The van der Waals surface area contributed by atoms with Gasteiger partial charge in [0.05, 0.1) is 6.10 Å². The highest BCUT2D eigenvalue weighted by atomic mass is 32.2. The van der Waals surface area contributed by atoms with Crippen molar-refractivity contribution in [2.24, 2.45) is 0 Å². The van der Waals surface area contributed by atoms with Gasteiger partial charge in [-0.05, 0) is 24.6 Å². The zero-order valence-electron chi connectivity index (χ0n) is 5.17. The number of ether oxygens (including phenoxy) is 1. The summed E-state index contributed by atoms with van der Waals surface area (Å²) in [7, 11) is 0. The van der Waals surface area contributed by atoms with Crippen molar-refractivity contribution in [3.8, 4) is 5.40 Å². The van der Waals surface area contributed by atoms with Gasteiger partial charge in [-0.1, -0.05) is 0 Å². The number of thiocyanates is 1. The van der Waals surface area contributed by atoms with Crippen LogP contribution in [0.15, 0.2) is 0 Å². The molecule has 1 aliphatic heterocycles. The SMILES string of the molecule is N#CSCC1CCCO1. The molecule has 1 unspecified atom stereocenters. The van der Waals surface area contributed by atoms with Crippen molar-refractivity contribution in [1.82, 2.24) is 0 Å². The molecule has 0 aromatic heterocycles. The number of hydrogen-bond donors (Lipinski definition) is 0. The lowest BCUT2D eigenvalue weighted by Crippen LogP contribution is -2.06. The molecule has 1 aliphatic rings. The van der Waals surface area contributed by atoms with Gasteiger partial charge in [-0.3, -0.25) is 0 Å². The third-order valence-electron chi connectivity index (χ3n) is 1.36. The van der Waals surface area contributed by atoms with Crippen molar-refractivity contribution in [3.05, 3.63) is 0 Å². The highest BCUT2D eigenvalue weighted by molar-refractivity contribution is 8.03. The first-order chi connectivity index (χ1) is 4.43. The maximum atomic E-state index is 8.18. The van der Waals surface area contributed by atoms with Crippen LogP contribution in [0.1, 0.15) is 12.8 Å². The summed E-state index contributed by atoms with van der Waals surface area (Å²) in [5.74, 6) is 0.844. The second kappa shape index (κ2) is 3.76. The van der Waals surface area contributed by atoms with Crippen molar-refractivity contribution in [2.75, 3.05) is 12.4 Å². The second-order valence-electron chi connectivity index (χ2n) is 2.04. The first-order valence-corrected chi connectivity index (χ1v) is 4.04. The van der Waals surface area contributed by atoms with E-state index in [9.17, 15) is 0 Å². The molecule has 0 N–H and O–H groups in total. The maximum absolute atomic E-state index is 8.18. The highest BCUT2D eigenvalue weighted by Crippen LogP contribution is 2.15. The number of thioether (sulfide) groups is 1. The van der Waals surface area contributed by atoms with Gasteiger partial charge in [0, 0.05) is 12.4 Å². The van der Waals surface area contributed by atoms with Crippen LogP contribution in [0.4, 0.5) is 0 Å². The average Bonchev–Trinajstić information content (AvgIpc) is 2.34. The van der Waals surface area contributed by atoms with E-state index in [1.165, 1.54) is 11.8 Å². The van der Waals surface area contributed by atoms with Gasteiger partial charge in [-0.25, -0.2) is 0 Å². The molecule has 1 atom stereocenters. The van der Waals surface area contributed by atoms with Crippen LogP contribution < -0.4 is 0 Å². The van der Waals surface area contributed by atoms with Gasteiger partial charge in [0.1, 0.15) is 5.40 Å². The van der Waals surface area contributed by atoms with Gasteiger partial charge in [0.2, 0.25) is 0 Å². The first-order valence-electron chi connectivity index (χ1n) is 3.06. The van der Waals surface area contributed by atoms with Gasteiger partial charge >= 0.3 is 0 Å². The molecular weight excluding hydrogens is 134 g/mol. The summed E-state index contributed by atoms with van der Waals surface area (Å²) in [6.07, 6.45) is 2.65. The molecule has 9 heavy (non-hydrogen) atoms. The molecule has 1 fully saturated rings. The normalized spacial score (nSPS) is 25.9. The summed E-state index contributed by atoms with van der Waals surface area (Å²) < 4.78 is 5.28. The summed E-state index contributed by atoms with van der Waals surface area (Å²) in [6, 6.07) is 0. The molecule has 1 heterocycles. The quantitative estimate of drug-likeness (QED) is 0.547. The summed E-state index contributed by atoms with van der Waals surface area (Å²) >= 11 is 1.29. The molecule has 0 spiro atoms. The number of nitrogens with zero attached hydrogens (tertiary/aromatic N) is 1. The van der Waals surface area contributed by atoms with Gasteiger partial charge < -0.3 is 4.74 Å². The molecule has 0 radical (unpaired) electrons. The third-order valence-corrected chi connectivity index (χ3v) is 2.03. The van der Waals surface area contributed by atoms with Crippen LogP contribution >= 0.6 is 11.8 Å². The fourth-order valence-electron chi connectivity index (χ4n) is 0.906. The minimum absolute atomic E-state index is 0.356. The molecule has 0 aliphatic carbocycles. The van der Waals surface area contributed by atoms with E-state index in [0.29, 0.717) is 6.10 Å². The van der Waals surface area contributed by atoms with Crippen molar-refractivity contribution in [3.63, 3.8) is 0 Å². The zero-order valence-corrected chi connectivity index (χ0v) is 5.99. The molecule has 1 rings (SSSR count). The van der Waals surface area contributed by atoms with Crippen LogP contribution in [-0.4, -0.2) is 18.5 Å². The molecule has 0 aromatic rings. The molecule has 0 saturated carbocycles. The number of nitriles is 1. The van der Waals surface area contributed by atoms with E-state index in [1.54, 1.807) is 0 Å². The van der Waals surface area contributed by atoms with Crippen molar-refractivity contribution < 1.29 is 4.74 Å². The monoisotopic (exact) mass is 143 g/mol. The average molecular weight is 143 g/mol. The molecule has 50 valence electrons. The Morgan fingerprint density at radius 3 is 3.22 bits per heavy atom. The summed E-state index contributed by atoms with van der Waals surface area (Å²) in [4.78, 5) is 0. The fraction of sp³-hybridized carbons (Fsp3) is 0.833. The molecule has 0 bridgehead atoms. The molecule has 0 amide bonds. The molecule has 0 aromatic carbocycles. The van der Waals surface area contributed by atoms with Gasteiger partial charge in [-0.15, -0.1) is 0 Å². The molecule has 1 saturated heterocycles. The standard InChI is InChI=1S/C6H9NOS/c7-5-9-4-6-2-1-3-8-6/h6H,1-4H2. The zero-order chi connectivity index (χ0) is 6.53. The Kier molecular flexibility index (Phi) is 2.88. The summed E-state index contributed by atoms with van der Waals surface area (Å²) in [5, 5.41) is 10.2. The topological polar surface area (TPSA) is 33.0 Å². The number of hydrogen-bond acceptors (Lipinski definition) is 3. The Balaban J connectivity index is 2.06. The fourth-order valence-corrected chi connectivity index (χ4v) is 1.43.